The first kappa shape index (κ1) is 15.0. The third-order valence-corrected chi connectivity index (χ3v) is 2.46. The second-order valence-electron chi connectivity index (χ2n) is 3.98. The first-order chi connectivity index (χ1) is 8.91. The molecule has 1 amide bonds. The number of pyridine rings is 1. The van der Waals surface area contributed by atoms with Crippen LogP contribution in [0.25, 0.3) is 0 Å². The molecule has 0 fully saturated rings. The van der Waals surface area contributed by atoms with Crippen molar-refractivity contribution in [3.63, 3.8) is 0 Å². The van der Waals surface area contributed by atoms with Crippen molar-refractivity contribution in [1.29, 1.82) is 0 Å². The van der Waals surface area contributed by atoms with Crippen LogP contribution < -0.4 is 5.32 Å². The van der Waals surface area contributed by atoms with Crippen LogP contribution in [0.1, 0.15) is 25.1 Å². The second-order valence-corrected chi connectivity index (χ2v) is 3.98. The van der Waals surface area contributed by atoms with Gasteiger partial charge in [0.2, 0.25) is 5.91 Å². The fourth-order valence-corrected chi connectivity index (χ4v) is 1.43. The number of hydrogen-bond acceptors (Lipinski definition) is 6. The molecule has 8 heteroatoms. The van der Waals surface area contributed by atoms with Crippen molar-refractivity contribution < 1.29 is 19.9 Å². The lowest BCUT2D eigenvalue weighted by atomic mass is 10.1. The highest BCUT2D eigenvalue weighted by atomic mass is 16.6. The van der Waals surface area contributed by atoms with Gasteiger partial charge in [-0.15, -0.1) is 0 Å². The summed E-state index contributed by atoms with van der Waals surface area (Å²) in [5, 5.41) is 32.4. The summed E-state index contributed by atoms with van der Waals surface area (Å²) in [6.45, 7) is 1.57. The van der Waals surface area contributed by atoms with E-state index in [1.807, 2.05) is 0 Å². The lowest BCUT2D eigenvalue weighted by molar-refractivity contribution is -0.385. The molecular formula is C11H15N3O5. The minimum absolute atomic E-state index is 0.140. The molecule has 19 heavy (non-hydrogen) atoms. The SMILES string of the molecule is CC(=O)NCCC(O)C(O)c1ccc([N+](=O)[O-])cn1. The molecule has 8 nitrogen and oxygen atoms in total. The van der Waals surface area contributed by atoms with Gasteiger partial charge in [-0.25, -0.2) is 0 Å². The summed E-state index contributed by atoms with van der Waals surface area (Å²) in [5.41, 5.74) is -0.0513. The van der Waals surface area contributed by atoms with E-state index in [0.29, 0.717) is 0 Å². The summed E-state index contributed by atoms with van der Waals surface area (Å²) in [7, 11) is 0. The smallest absolute Gasteiger partial charge is 0.287 e. The number of aromatic nitrogens is 1. The second kappa shape index (κ2) is 6.76. The van der Waals surface area contributed by atoms with Crippen LogP contribution in [0.5, 0.6) is 0 Å². The number of nitrogens with one attached hydrogen (secondary N) is 1. The van der Waals surface area contributed by atoms with Crippen LogP contribution in [-0.4, -0.2) is 38.7 Å². The Morgan fingerprint density at radius 2 is 2.21 bits per heavy atom. The van der Waals surface area contributed by atoms with Gasteiger partial charge in [-0.1, -0.05) is 0 Å². The minimum Gasteiger partial charge on any atom is -0.390 e. The molecule has 0 aliphatic heterocycles. The zero-order valence-corrected chi connectivity index (χ0v) is 10.3. The molecule has 0 bridgehead atoms. The zero-order chi connectivity index (χ0) is 14.4. The average Bonchev–Trinajstić information content (AvgIpc) is 2.37. The predicted octanol–water partition coefficient (Wildman–Crippen LogP) is -0.0897. The highest BCUT2D eigenvalue weighted by molar-refractivity contribution is 5.72. The number of nitro groups is 1. The van der Waals surface area contributed by atoms with Crippen molar-refractivity contribution in [2.24, 2.45) is 0 Å². The van der Waals surface area contributed by atoms with Crippen molar-refractivity contribution in [2.75, 3.05) is 6.54 Å². The van der Waals surface area contributed by atoms with Crippen LogP contribution in [0, 0.1) is 10.1 Å². The average molecular weight is 269 g/mol. The third-order valence-electron chi connectivity index (χ3n) is 2.46. The number of aliphatic hydroxyl groups excluding tert-OH is 2. The monoisotopic (exact) mass is 269 g/mol. The zero-order valence-electron chi connectivity index (χ0n) is 10.3. The predicted molar refractivity (Wildman–Crippen MR) is 65.2 cm³/mol. The van der Waals surface area contributed by atoms with Gasteiger partial charge in [0.05, 0.1) is 16.7 Å². The van der Waals surface area contributed by atoms with Gasteiger partial charge >= 0.3 is 0 Å². The maximum atomic E-state index is 10.6. The number of rotatable bonds is 6. The van der Waals surface area contributed by atoms with E-state index in [4.69, 9.17) is 0 Å². The van der Waals surface area contributed by atoms with Crippen molar-refractivity contribution in [3.05, 3.63) is 34.1 Å². The molecule has 0 aliphatic carbocycles. The molecule has 0 spiro atoms. The van der Waals surface area contributed by atoms with Gasteiger partial charge in [-0.3, -0.25) is 19.9 Å². The molecule has 0 saturated heterocycles. The van der Waals surface area contributed by atoms with Gasteiger partial charge in [0.25, 0.3) is 5.69 Å². The third kappa shape index (κ3) is 4.60. The van der Waals surface area contributed by atoms with E-state index >= 15 is 0 Å². The fourth-order valence-electron chi connectivity index (χ4n) is 1.43. The summed E-state index contributed by atoms with van der Waals surface area (Å²) < 4.78 is 0. The van der Waals surface area contributed by atoms with Gasteiger partial charge in [0.15, 0.2) is 0 Å². The quantitative estimate of drug-likeness (QED) is 0.489. The Bertz CT molecular complexity index is 448. The van der Waals surface area contributed by atoms with E-state index < -0.39 is 17.1 Å². The van der Waals surface area contributed by atoms with Crippen LogP contribution >= 0.6 is 0 Å². The summed E-state index contributed by atoms with van der Waals surface area (Å²) in [6.07, 6.45) is -1.20. The largest absolute Gasteiger partial charge is 0.390 e. The molecule has 0 radical (unpaired) electrons. The normalized spacial score (nSPS) is 13.6. The Hall–Kier alpha value is -2.06. The molecular weight excluding hydrogens is 254 g/mol. The fraction of sp³-hybridized carbons (Fsp3) is 0.455. The highest BCUT2D eigenvalue weighted by Crippen LogP contribution is 2.18. The van der Waals surface area contributed by atoms with Crippen LogP contribution in [0.4, 0.5) is 5.69 Å². The maximum absolute atomic E-state index is 10.6. The molecule has 0 aliphatic rings. The molecule has 2 atom stereocenters. The van der Waals surface area contributed by atoms with Gasteiger partial charge in [0, 0.05) is 19.5 Å². The molecule has 1 aromatic heterocycles. The molecule has 1 aromatic rings. The number of carbonyl (C=O) groups is 1. The number of hydrogen-bond donors (Lipinski definition) is 3. The van der Waals surface area contributed by atoms with E-state index in [9.17, 15) is 25.1 Å². The van der Waals surface area contributed by atoms with Crippen LogP contribution in [0.2, 0.25) is 0 Å². The number of carbonyl (C=O) groups excluding carboxylic acids is 1. The van der Waals surface area contributed by atoms with Gasteiger partial charge in [-0.05, 0) is 12.5 Å². The van der Waals surface area contributed by atoms with E-state index in [-0.39, 0.29) is 30.3 Å². The van der Waals surface area contributed by atoms with E-state index in [1.165, 1.54) is 19.1 Å². The Labute approximate surface area is 109 Å². The summed E-state index contributed by atoms with van der Waals surface area (Å²) in [6, 6.07) is 2.48. The summed E-state index contributed by atoms with van der Waals surface area (Å²) in [4.78, 5) is 24.2. The summed E-state index contributed by atoms with van der Waals surface area (Å²) >= 11 is 0. The van der Waals surface area contributed by atoms with E-state index in [1.54, 1.807) is 0 Å². The topological polar surface area (TPSA) is 126 Å². The molecule has 0 saturated carbocycles. The highest BCUT2D eigenvalue weighted by Gasteiger charge is 2.20. The van der Waals surface area contributed by atoms with Crippen LogP contribution in [0.3, 0.4) is 0 Å². The Morgan fingerprint density at radius 3 is 2.68 bits per heavy atom. The van der Waals surface area contributed by atoms with Gasteiger partial charge < -0.3 is 15.5 Å². The van der Waals surface area contributed by atoms with Crippen LogP contribution in [0.15, 0.2) is 18.3 Å². The molecule has 3 N–H and O–H groups in total. The van der Waals surface area contributed by atoms with E-state index in [0.717, 1.165) is 6.20 Å². The van der Waals surface area contributed by atoms with Crippen molar-refractivity contribution in [3.8, 4) is 0 Å². The molecule has 2 unspecified atom stereocenters. The maximum Gasteiger partial charge on any atom is 0.287 e. The Balaban J connectivity index is 2.58. The lowest BCUT2D eigenvalue weighted by Crippen LogP contribution is -2.28. The van der Waals surface area contributed by atoms with Crippen molar-refractivity contribution in [1.82, 2.24) is 10.3 Å². The minimum atomic E-state index is -1.26. The lowest BCUT2D eigenvalue weighted by Gasteiger charge is -2.17. The Kier molecular flexibility index (Phi) is 5.34. The molecule has 1 rings (SSSR count). The van der Waals surface area contributed by atoms with Gasteiger partial charge in [-0.2, -0.15) is 0 Å². The van der Waals surface area contributed by atoms with E-state index in [2.05, 4.69) is 10.3 Å². The molecule has 1 heterocycles. The number of aliphatic hydroxyl groups is 2. The first-order valence-electron chi connectivity index (χ1n) is 5.62. The molecule has 0 aromatic carbocycles. The summed E-state index contributed by atoms with van der Waals surface area (Å²) in [5.74, 6) is -0.227. The molecule has 104 valence electrons. The standard InChI is InChI=1S/C11H15N3O5/c1-7(15)12-5-4-10(16)11(17)9-3-2-8(6-13-9)14(18)19/h2-3,6,10-11,16-17H,4-5H2,1H3,(H,12,15). The number of nitrogens with zero attached hydrogens (tertiary/aromatic N) is 2. The van der Waals surface area contributed by atoms with Crippen molar-refractivity contribution in [2.45, 2.75) is 25.6 Å². The number of amides is 1. The first-order valence-corrected chi connectivity index (χ1v) is 5.62. The van der Waals surface area contributed by atoms with Crippen molar-refractivity contribution >= 4 is 11.6 Å². The van der Waals surface area contributed by atoms with Crippen LogP contribution in [-0.2, 0) is 4.79 Å². The Morgan fingerprint density at radius 1 is 1.53 bits per heavy atom. The van der Waals surface area contributed by atoms with Gasteiger partial charge in [0.1, 0.15) is 12.3 Å².